The van der Waals surface area contributed by atoms with Gasteiger partial charge in [0, 0.05) is 0 Å². The molecule has 0 bridgehead atoms. The van der Waals surface area contributed by atoms with Crippen LogP contribution in [0.5, 0.6) is 17.2 Å². The summed E-state index contributed by atoms with van der Waals surface area (Å²) in [6.45, 7) is 3.39. The first-order valence-corrected chi connectivity index (χ1v) is 14.4. The molecule has 41 heavy (non-hydrogen) atoms. The molecule has 0 saturated carbocycles. The first-order valence-electron chi connectivity index (χ1n) is 14.4. The van der Waals surface area contributed by atoms with Crippen molar-refractivity contribution in [3.8, 4) is 34.4 Å². The number of nitrogens with zero attached hydrogens (tertiary/aromatic N) is 1. The number of rotatable bonds is 15. The lowest BCUT2D eigenvalue weighted by Gasteiger charge is -2.08. The van der Waals surface area contributed by atoms with E-state index in [2.05, 4.69) is 18.2 Å². The third-order valence-corrected chi connectivity index (χ3v) is 6.85. The fraction of sp³-hybridized carbons (Fsp3) is 0.278. The summed E-state index contributed by atoms with van der Waals surface area (Å²) >= 11 is 0. The maximum atomic E-state index is 12.3. The van der Waals surface area contributed by atoms with Gasteiger partial charge in [-0.25, -0.2) is 4.79 Å². The normalized spacial score (nSPS) is 10.5. The average molecular weight is 548 g/mol. The zero-order valence-electron chi connectivity index (χ0n) is 23.7. The van der Waals surface area contributed by atoms with Gasteiger partial charge in [-0.1, -0.05) is 74.1 Å². The monoisotopic (exact) mass is 547 g/mol. The Bertz CT molecular complexity index is 1390. The van der Waals surface area contributed by atoms with Crippen molar-refractivity contribution in [2.45, 2.75) is 51.9 Å². The summed E-state index contributed by atoms with van der Waals surface area (Å²) in [6, 6.07) is 32.4. The summed E-state index contributed by atoms with van der Waals surface area (Å²) in [5.74, 6) is 1.82. The fourth-order valence-corrected chi connectivity index (χ4v) is 4.41. The molecular formula is C36H37NO4. The molecule has 0 unspecified atom stereocenters. The predicted molar refractivity (Wildman–Crippen MR) is 162 cm³/mol. The highest BCUT2D eigenvalue weighted by atomic mass is 16.5. The van der Waals surface area contributed by atoms with E-state index in [1.165, 1.54) is 25.7 Å². The highest BCUT2D eigenvalue weighted by Crippen LogP contribution is 2.23. The van der Waals surface area contributed by atoms with Crippen molar-refractivity contribution in [2.24, 2.45) is 0 Å². The molecule has 0 aliphatic rings. The topological polar surface area (TPSA) is 68.6 Å². The first-order chi connectivity index (χ1) is 20.1. The Kier molecular flexibility index (Phi) is 11.4. The molecule has 0 N–H and O–H groups in total. The second-order valence-corrected chi connectivity index (χ2v) is 10.1. The van der Waals surface area contributed by atoms with E-state index in [4.69, 9.17) is 19.5 Å². The number of carbonyl (C=O) groups is 1. The Morgan fingerprint density at radius 3 is 1.54 bits per heavy atom. The van der Waals surface area contributed by atoms with Crippen LogP contribution in [0.3, 0.4) is 0 Å². The molecule has 0 fully saturated rings. The van der Waals surface area contributed by atoms with E-state index in [1.807, 2.05) is 67.6 Å². The molecular weight excluding hydrogens is 510 g/mol. The van der Waals surface area contributed by atoms with Gasteiger partial charge in [-0.3, -0.25) is 0 Å². The fourth-order valence-electron chi connectivity index (χ4n) is 4.41. The Hall–Kier alpha value is -4.56. The number of ether oxygens (including phenoxy) is 3. The van der Waals surface area contributed by atoms with Crippen molar-refractivity contribution in [3.63, 3.8) is 0 Å². The lowest BCUT2D eigenvalue weighted by atomic mass is 10.0. The summed E-state index contributed by atoms with van der Waals surface area (Å²) in [5.41, 5.74) is 4.49. The predicted octanol–water partition coefficient (Wildman–Crippen LogP) is 8.94. The maximum absolute atomic E-state index is 12.3. The Morgan fingerprint density at radius 2 is 1.02 bits per heavy atom. The largest absolute Gasteiger partial charge is 0.494 e. The molecule has 4 rings (SSSR count). The molecule has 4 aromatic carbocycles. The van der Waals surface area contributed by atoms with Gasteiger partial charge in [0.2, 0.25) is 0 Å². The number of benzene rings is 4. The molecule has 4 aromatic rings. The molecule has 210 valence electrons. The highest BCUT2D eigenvalue weighted by molar-refractivity contribution is 5.91. The summed E-state index contributed by atoms with van der Waals surface area (Å²) in [4.78, 5) is 12.3. The lowest BCUT2D eigenvalue weighted by molar-refractivity contribution is 0.0734. The SMILES string of the molecule is Cc1ccc(OC(=O)c2ccc(OCCCCCCCCCOc3ccc(-c4ccc(C#N)cc4)cc3)cc2)cc1. The zero-order chi connectivity index (χ0) is 28.7. The van der Waals surface area contributed by atoms with Gasteiger partial charge in [0.15, 0.2) is 0 Å². The molecule has 0 radical (unpaired) electrons. The summed E-state index contributed by atoms with van der Waals surface area (Å²) in [5, 5.41) is 8.94. The lowest BCUT2D eigenvalue weighted by Crippen LogP contribution is -2.08. The van der Waals surface area contributed by atoms with Crippen LogP contribution in [0.1, 0.15) is 66.4 Å². The van der Waals surface area contributed by atoms with Gasteiger partial charge in [-0.15, -0.1) is 0 Å². The van der Waals surface area contributed by atoms with Crippen molar-refractivity contribution in [3.05, 3.63) is 114 Å². The molecule has 0 atom stereocenters. The third-order valence-electron chi connectivity index (χ3n) is 6.85. The van der Waals surface area contributed by atoms with E-state index in [0.717, 1.165) is 54.1 Å². The highest BCUT2D eigenvalue weighted by Gasteiger charge is 2.09. The van der Waals surface area contributed by atoms with Crippen molar-refractivity contribution in [1.82, 2.24) is 0 Å². The van der Waals surface area contributed by atoms with Crippen LogP contribution in [-0.2, 0) is 0 Å². The Morgan fingerprint density at radius 1 is 0.585 bits per heavy atom. The molecule has 0 spiro atoms. The van der Waals surface area contributed by atoms with Gasteiger partial charge >= 0.3 is 5.97 Å². The summed E-state index contributed by atoms with van der Waals surface area (Å²) < 4.78 is 17.1. The van der Waals surface area contributed by atoms with Gasteiger partial charge in [0.25, 0.3) is 0 Å². The molecule has 0 aliphatic heterocycles. The first kappa shape index (κ1) is 29.4. The number of esters is 1. The van der Waals surface area contributed by atoms with E-state index in [0.29, 0.717) is 23.5 Å². The van der Waals surface area contributed by atoms with Crippen LogP contribution < -0.4 is 14.2 Å². The minimum Gasteiger partial charge on any atom is -0.494 e. The van der Waals surface area contributed by atoms with Crippen LogP contribution in [-0.4, -0.2) is 19.2 Å². The van der Waals surface area contributed by atoms with E-state index < -0.39 is 0 Å². The van der Waals surface area contributed by atoms with Crippen molar-refractivity contribution >= 4 is 5.97 Å². The smallest absolute Gasteiger partial charge is 0.343 e. The molecule has 0 heterocycles. The average Bonchev–Trinajstić information content (AvgIpc) is 3.01. The van der Waals surface area contributed by atoms with Crippen LogP contribution >= 0.6 is 0 Å². The van der Waals surface area contributed by atoms with Crippen LogP contribution in [0, 0.1) is 18.3 Å². The number of hydrogen-bond donors (Lipinski definition) is 0. The van der Waals surface area contributed by atoms with Crippen LogP contribution in [0.15, 0.2) is 97.1 Å². The van der Waals surface area contributed by atoms with Crippen molar-refractivity contribution in [2.75, 3.05) is 13.2 Å². The van der Waals surface area contributed by atoms with E-state index in [-0.39, 0.29) is 5.97 Å². The minimum absolute atomic E-state index is 0.373. The standard InChI is InChI=1S/C36H37NO4/c1-28-9-19-35(20-10-28)41-36(38)32-17-23-34(24-18-32)40-26-8-6-4-2-3-5-7-25-39-33-21-15-31(16-22-33)30-13-11-29(27-37)12-14-30/h9-24H,2-8,25-26H2,1H3. The van der Waals surface area contributed by atoms with Gasteiger partial charge in [0.05, 0.1) is 30.4 Å². The number of aryl methyl sites for hydroxylation is 1. The zero-order valence-corrected chi connectivity index (χ0v) is 23.7. The molecule has 0 aliphatic carbocycles. The number of hydrogen-bond acceptors (Lipinski definition) is 5. The number of nitriles is 1. The van der Waals surface area contributed by atoms with Gasteiger partial charge in [0.1, 0.15) is 17.2 Å². The minimum atomic E-state index is -0.373. The quantitative estimate of drug-likeness (QED) is 0.0844. The number of unbranched alkanes of at least 4 members (excludes halogenated alkanes) is 6. The van der Waals surface area contributed by atoms with E-state index >= 15 is 0 Å². The van der Waals surface area contributed by atoms with Crippen LogP contribution in [0.2, 0.25) is 0 Å². The van der Waals surface area contributed by atoms with Gasteiger partial charge in [-0.05, 0) is 91.6 Å². The van der Waals surface area contributed by atoms with Crippen LogP contribution in [0.25, 0.3) is 11.1 Å². The number of carbonyl (C=O) groups excluding carboxylic acids is 1. The summed E-state index contributed by atoms with van der Waals surface area (Å²) in [6.07, 6.45) is 8.00. The third kappa shape index (κ3) is 9.85. The van der Waals surface area contributed by atoms with Crippen molar-refractivity contribution < 1.29 is 19.0 Å². The summed E-state index contributed by atoms with van der Waals surface area (Å²) in [7, 11) is 0. The second-order valence-electron chi connectivity index (χ2n) is 10.1. The Balaban J connectivity index is 1.00. The molecule has 0 aromatic heterocycles. The van der Waals surface area contributed by atoms with E-state index in [9.17, 15) is 4.79 Å². The maximum Gasteiger partial charge on any atom is 0.343 e. The second kappa shape index (κ2) is 15.9. The molecule has 0 saturated heterocycles. The molecule has 5 heteroatoms. The molecule has 0 amide bonds. The van der Waals surface area contributed by atoms with E-state index in [1.54, 1.807) is 24.3 Å². The van der Waals surface area contributed by atoms with Crippen molar-refractivity contribution in [1.29, 1.82) is 5.26 Å². The Labute approximate surface area is 243 Å². The van der Waals surface area contributed by atoms with Crippen LogP contribution in [0.4, 0.5) is 0 Å². The van der Waals surface area contributed by atoms with Gasteiger partial charge < -0.3 is 14.2 Å². The van der Waals surface area contributed by atoms with Gasteiger partial charge in [-0.2, -0.15) is 5.26 Å². The molecule has 5 nitrogen and oxygen atoms in total.